The molecule has 6 heteroatoms. The first-order chi connectivity index (χ1) is 14.9. The third kappa shape index (κ3) is 5.10. The summed E-state index contributed by atoms with van der Waals surface area (Å²) in [5.74, 6) is -0.992. The number of rotatable bonds is 6. The molecule has 4 nitrogen and oxygen atoms in total. The van der Waals surface area contributed by atoms with Gasteiger partial charge in [0.05, 0.1) is 11.7 Å². The number of aromatic carboxylic acids is 1. The highest BCUT2D eigenvalue weighted by molar-refractivity contribution is 6.33. The highest BCUT2D eigenvalue weighted by Gasteiger charge is 2.20. The Morgan fingerprint density at radius 1 is 1.03 bits per heavy atom. The van der Waals surface area contributed by atoms with Crippen molar-refractivity contribution in [2.75, 3.05) is 6.54 Å². The van der Waals surface area contributed by atoms with E-state index in [1.165, 1.54) is 17.2 Å². The lowest BCUT2D eigenvalue weighted by molar-refractivity contribution is 0.0697. The van der Waals surface area contributed by atoms with Crippen LogP contribution >= 0.6 is 23.2 Å². The third-order valence-electron chi connectivity index (χ3n) is 5.82. The maximum Gasteiger partial charge on any atom is 0.335 e. The Morgan fingerprint density at radius 3 is 2.52 bits per heavy atom. The molecule has 2 atom stereocenters. The van der Waals surface area contributed by atoms with E-state index >= 15 is 0 Å². The SMILES string of the molecule is O=C(O)c1ccc(-c2ccc3c(c2)C[C@@H](NC[C@@H](O)c2ccc(Cl)cc2)CC3)c(Cl)c1. The molecule has 0 heterocycles. The maximum absolute atomic E-state index is 11.2. The van der Waals surface area contributed by atoms with Gasteiger partial charge >= 0.3 is 5.97 Å². The van der Waals surface area contributed by atoms with Crippen molar-refractivity contribution >= 4 is 29.2 Å². The molecule has 0 spiro atoms. The van der Waals surface area contributed by atoms with Crippen LogP contribution in [0.25, 0.3) is 11.1 Å². The zero-order chi connectivity index (χ0) is 22.0. The van der Waals surface area contributed by atoms with Gasteiger partial charge in [-0.15, -0.1) is 0 Å². The van der Waals surface area contributed by atoms with Gasteiger partial charge in [0.15, 0.2) is 0 Å². The van der Waals surface area contributed by atoms with Crippen molar-refractivity contribution < 1.29 is 15.0 Å². The molecule has 0 radical (unpaired) electrons. The number of carboxylic acid groups (broad SMARTS) is 1. The highest BCUT2D eigenvalue weighted by atomic mass is 35.5. The van der Waals surface area contributed by atoms with Crippen molar-refractivity contribution in [2.45, 2.75) is 31.4 Å². The molecule has 3 N–H and O–H groups in total. The first-order valence-electron chi connectivity index (χ1n) is 10.2. The van der Waals surface area contributed by atoms with Crippen LogP contribution in [0.1, 0.15) is 39.6 Å². The molecule has 3 aromatic rings. The van der Waals surface area contributed by atoms with Gasteiger partial charge in [-0.05, 0) is 65.8 Å². The van der Waals surface area contributed by atoms with Crippen molar-refractivity contribution in [3.63, 3.8) is 0 Å². The summed E-state index contributed by atoms with van der Waals surface area (Å²) in [4.78, 5) is 11.2. The molecule has 0 aromatic heterocycles. The molecule has 0 amide bonds. The summed E-state index contributed by atoms with van der Waals surface area (Å²) in [6.45, 7) is 0.476. The Bertz CT molecular complexity index is 1100. The highest BCUT2D eigenvalue weighted by Crippen LogP contribution is 2.32. The second-order valence-electron chi connectivity index (χ2n) is 7.90. The second-order valence-corrected chi connectivity index (χ2v) is 8.74. The van der Waals surface area contributed by atoms with E-state index in [2.05, 4.69) is 17.4 Å². The number of carbonyl (C=O) groups is 1. The lowest BCUT2D eigenvalue weighted by atomic mass is 9.86. The average Bonchev–Trinajstić information content (AvgIpc) is 2.77. The van der Waals surface area contributed by atoms with Gasteiger partial charge in [-0.2, -0.15) is 0 Å². The topological polar surface area (TPSA) is 69.6 Å². The number of carboxylic acids is 1. The van der Waals surface area contributed by atoms with Crippen LogP contribution in [0.2, 0.25) is 10.0 Å². The molecule has 31 heavy (non-hydrogen) atoms. The molecule has 0 unspecified atom stereocenters. The van der Waals surface area contributed by atoms with E-state index < -0.39 is 12.1 Å². The smallest absolute Gasteiger partial charge is 0.335 e. The van der Waals surface area contributed by atoms with Gasteiger partial charge in [0.2, 0.25) is 0 Å². The molecule has 0 bridgehead atoms. The molecule has 4 rings (SSSR count). The number of hydrogen-bond donors (Lipinski definition) is 3. The van der Waals surface area contributed by atoms with Crippen molar-refractivity contribution in [1.29, 1.82) is 0 Å². The summed E-state index contributed by atoms with van der Waals surface area (Å²) in [5, 5.41) is 24.2. The Morgan fingerprint density at radius 2 is 1.81 bits per heavy atom. The van der Waals surface area contributed by atoms with Gasteiger partial charge in [-0.25, -0.2) is 4.79 Å². The van der Waals surface area contributed by atoms with Crippen LogP contribution in [-0.2, 0) is 12.8 Å². The monoisotopic (exact) mass is 455 g/mol. The quantitative estimate of drug-likeness (QED) is 0.456. The van der Waals surface area contributed by atoms with Gasteiger partial charge in [-0.1, -0.05) is 59.6 Å². The number of aryl methyl sites for hydroxylation is 1. The number of fused-ring (bicyclic) bond motifs is 1. The summed E-state index contributed by atoms with van der Waals surface area (Å²) in [6, 6.07) is 18.7. The summed E-state index contributed by atoms with van der Waals surface area (Å²) in [7, 11) is 0. The Hall–Kier alpha value is -2.37. The minimum absolute atomic E-state index is 0.176. The van der Waals surface area contributed by atoms with E-state index in [0.29, 0.717) is 16.6 Å². The molecular weight excluding hydrogens is 433 g/mol. The van der Waals surface area contributed by atoms with Crippen LogP contribution in [0.5, 0.6) is 0 Å². The normalized spacial score (nSPS) is 16.5. The van der Waals surface area contributed by atoms with Gasteiger partial charge < -0.3 is 15.5 Å². The van der Waals surface area contributed by atoms with E-state index in [1.54, 1.807) is 24.3 Å². The number of benzene rings is 3. The molecule has 160 valence electrons. The van der Waals surface area contributed by atoms with Crippen LogP contribution in [0.15, 0.2) is 60.7 Å². The van der Waals surface area contributed by atoms with Crippen molar-refractivity contribution in [3.8, 4) is 11.1 Å². The average molecular weight is 456 g/mol. The number of aliphatic hydroxyl groups excluding tert-OH is 1. The van der Waals surface area contributed by atoms with E-state index in [1.807, 2.05) is 18.2 Å². The fraction of sp³-hybridized carbons (Fsp3) is 0.240. The first-order valence-corrected chi connectivity index (χ1v) is 11.0. The largest absolute Gasteiger partial charge is 0.478 e. The van der Waals surface area contributed by atoms with E-state index in [4.69, 9.17) is 28.3 Å². The minimum Gasteiger partial charge on any atom is -0.478 e. The van der Waals surface area contributed by atoms with Crippen molar-refractivity contribution in [3.05, 3.63) is 93.0 Å². The van der Waals surface area contributed by atoms with Crippen molar-refractivity contribution in [1.82, 2.24) is 5.32 Å². The minimum atomic E-state index is -0.992. The van der Waals surface area contributed by atoms with E-state index in [0.717, 1.165) is 36.0 Å². The lowest BCUT2D eigenvalue weighted by Crippen LogP contribution is -2.37. The number of hydrogen-bond acceptors (Lipinski definition) is 3. The molecule has 0 saturated carbocycles. The number of aliphatic hydroxyl groups is 1. The summed E-state index contributed by atoms with van der Waals surface area (Å²) in [6.07, 6.45) is 2.25. The van der Waals surface area contributed by atoms with Crippen LogP contribution in [0, 0.1) is 0 Å². The van der Waals surface area contributed by atoms with Crippen LogP contribution in [-0.4, -0.2) is 28.8 Å². The molecule has 0 saturated heterocycles. The molecule has 1 aliphatic carbocycles. The van der Waals surface area contributed by atoms with E-state index in [9.17, 15) is 9.90 Å². The fourth-order valence-electron chi connectivity index (χ4n) is 4.06. The summed E-state index contributed by atoms with van der Waals surface area (Å²) in [5.41, 5.74) is 5.38. The number of halogens is 2. The zero-order valence-corrected chi connectivity index (χ0v) is 18.3. The summed E-state index contributed by atoms with van der Waals surface area (Å²) >= 11 is 12.3. The Kier molecular flexibility index (Phi) is 6.63. The van der Waals surface area contributed by atoms with Gasteiger partial charge in [0.25, 0.3) is 0 Å². The molecule has 0 aliphatic heterocycles. The maximum atomic E-state index is 11.2. The van der Waals surface area contributed by atoms with Crippen molar-refractivity contribution in [2.24, 2.45) is 0 Å². The van der Waals surface area contributed by atoms with E-state index in [-0.39, 0.29) is 11.6 Å². The van der Waals surface area contributed by atoms with Crippen LogP contribution in [0.3, 0.4) is 0 Å². The van der Waals surface area contributed by atoms with Crippen LogP contribution < -0.4 is 5.32 Å². The second kappa shape index (κ2) is 9.41. The van der Waals surface area contributed by atoms with Gasteiger partial charge in [0.1, 0.15) is 0 Å². The lowest BCUT2D eigenvalue weighted by Gasteiger charge is -2.27. The molecular formula is C25H23Cl2NO3. The van der Waals surface area contributed by atoms with Crippen LogP contribution in [0.4, 0.5) is 0 Å². The first kappa shape index (κ1) is 21.8. The third-order valence-corrected chi connectivity index (χ3v) is 6.38. The predicted octanol–water partition coefficient (Wildman–Crippen LogP) is 5.54. The Labute approximate surface area is 191 Å². The predicted molar refractivity (Wildman–Crippen MR) is 124 cm³/mol. The molecule has 3 aromatic carbocycles. The Balaban J connectivity index is 1.45. The molecule has 0 fully saturated rings. The number of nitrogens with one attached hydrogen (secondary N) is 1. The standard InChI is InChI=1S/C25H23Cl2NO3/c26-20-7-3-16(4-8-20)24(29)14-28-21-9-5-15-1-2-17(11-19(15)12-21)22-10-6-18(25(30)31)13-23(22)27/h1-4,6-8,10-11,13,21,24,28-29H,5,9,12,14H2,(H,30,31)/t21-,24+/m0/s1. The fourth-order valence-corrected chi connectivity index (χ4v) is 4.48. The van der Waals surface area contributed by atoms with Gasteiger partial charge in [-0.3, -0.25) is 0 Å². The zero-order valence-electron chi connectivity index (χ0n) is 16.8. The summed E-state index contributed by atoms with van der Waals surface area (Å²) < 4.78 is 0. The molecule has 1 aliphatic rings. The van der Waals surface area contributed by atoms with Gasteiger partial charge in [0, 0.05) is 28.2 Å².